The Morgan fingerprint density at radius 1 is 1.39 bits per heavy atom. The van der Waals surface area contributed by atoms with Gasteiger partial charge in [0.25, 0.3) is 0 Å². The molecule has 2 N–H and O–H groups in total. The summed E-state index contributed by atoms with van der Waals surface area (Å²) in [4.78, 5) is 23.2. The van der Waals surface area contributed by atoms with E-state index in [1.54, 1.807) is 13.1 Å². The second kappa shape index (κ2) is 7.67. The Hall–Kier alpha value is -2.50. The molecular formula is C17H22N4O2. The number of rotatable bonds is 6. The first-order chi connectivity index (χ1) is 11.0. The lowest BCUT2D eigenvalue weighted by molar-refractivity contribution is -0.123. The Balaban J connectivity index is 1.77. The molecule has 2 rings (SSSR count). The fourth-order valence-corrected chi connectivity index (χ4v) is 2.31. The molecule has 0 aromatic heterocycles. The van der Waals surface area contributed by atoms with Crippen LogP contribution >= 0.6 is 0 Å². The number of hydrazone groups is 2. The molecule has 6 nitrogen and oxygen atoms in total. The van der Waals surface area contributed by atoms with Gasteiger partial charge in [-0.15, -0.1) is 0 Å². The third-order valence-electron chi connectivity index (χ3n) is 3.83. The average Bonchev–Trinajstić information content (AvgIpc) is 2.84. The van der Waals surface area contributed by atoms with Crippen molar-refractivity contribution in [2.45, 2.75) is 39.5 Å². The molecule has 0 radical (unpaired) electrons. The van der Waals surface area contributed by atoms with Gasteiger partial charge in [-0.1, -0.05) is 38.1 Å². The molecular weight excluding hydrogens is 292 g/mol. The van der Waals surface area contributed by atoms with Crippen LogP contribution in [-0.4, -0.2) is 23.7 Å². The van der Waals surface area contributed by atoms with Gasteiger partial charge in [-0.3, -0.25) is 9.59 Å². The van der Waals surface area contributed by atoms with Crippen molar-refractivity contribution in [3.05, 3.63) is 35.4 Å². The summed E-state index contributed by atoms with van der Waals surface area (Å²) in [6.45, 7) is 6.06. The molecule has 0 spiro atoms. The van der Waals surface area contributed by atoms with Gasteiger partial charge >= 0.3 is 0 Å². The fourth-order valence-electron chi connectivity index (χ4n) is 2.31. The number of hydrogen-bond donors (Lipinski definition) is 2. The second-order valence-electron chi connectivity index (χ2n) is 5.94. The van der Waals surface area contributed by atoms with E-state index in [1.807, 2.05) is 12.1 Å². The highest BCUT2D eigenvalue weighted by molar-refractivity contribution is 6.07. The number of amides is 2. The second-order valence-corrected chi connectivity index (χ2v) is 5.94. The fraction of sp³-hybridized carbons (Fsp3) is 0.412. The number of carbonyl (C=O) groups excluding carboxylic acids is 2. The molecule has 1 aliphatic rings. The molecule has 0 saturated carbocycles. The van der Waals surface area contributed by atoms with Crippen LogP contribution in [0, 0.1) is 5.92 Å². The van der Waals surface area contributed by atoms with E-state index in [0.717, 1.165) is 11.3 Å². The minimum atomic E-state index is -0.312. The normalized spacial score (nSPS) is 17.5. The predicted molar refractivity (Wildman–Crippen MR) is 90.2 cm³/mol. The van der Waals surface area contributed by atoms with E-state index in [2.05, 4.69) is 47.0 Å². The van der Waals surface area contributed by atoms with Crippen LogP contribution in [0.15, 0.2) is 34.5 Å². The predicted octanol–water partition coefficient (Wildman–Crippen LogP) is 2.16. The number of carbonyl (C=O) groups is 2. The Labute approximate surface area is 136 Å². The van der Waals surface area contributed by atoms with Crippen LogP contribution in [0.25, 0.3) is 0 Å². The third-order valence-corrected chi connectivity index (χ3v) is 3.83. The average molecular weight is 314 g/mol. The minimum Gasteiger partial charge on any atom is -0.273 e. The van der Waals surface area contributed by atoms with Gasteiger partial charge in [0, 0.05) is 12.1 Å². The van der Waals surface area contributed by atoms with Gasteiger partial charge in [0.1, 0.15) is 0 Å². The summed E-state index contributed by atoms with van der Waals surface area (Å²) in [6, 6.07) is 8.03. The van der Waals surface area contributed by atoms with E-state index in [9.17, 15) is 9.59 Å². The Morgan fingerprint density at radius 2 is 2.09 bits per heavy atom. The quantitative estimate of drug-likeness (QED) is 0.623. The lowest BCUT2D eigenvalue weighted by Crippen LogP contribution is -2.25. The topological polar surface area (TPSA) is 82.9 Å². The highest BCUT2D eigenvalue weighted by atomic mass is 16.2. The first-order valence-electron chi connectivity index (χ1n) is 7.73. The van der Waals surface area contributed by atoms with Crippen molar-refractivity contribution < 1.29 is 9.59 Å². The van der Waals surface area contributed by atoms with Crippen LogP contribution in [0.4, 0.5) is 0 Å². The molecule has 0 fully saturated rings. The monoisotopic (exact) mass is 314 g/mol. The van der Waals surface area contributed by atoms with E-state index in [0.29, 0.717) is 12.3 Å². The highest BCUT2D eigenvalue weighted by Gasteiger charge is 2.26. The van der Waals surface area contributed by atoms with Crippen LogP contribution in [0.5, 0.6) is 0 Å². The molecule has 1 unspecified atom stereocenters. The van der Waals surface area contributed by atoms with Crippen LogP contribution in [-0.2, 0) is 9.59 Å². The summed E-state index contributed by atoms with van der Waals surface area (Å²) in [7, 11) is 0. The van der Waals surface area contributed by atoms with E-state index >= 15 is 0 Å². The Morgan fingerprint density at radius 3 is 2.65 bits per heavy atom. The molecule has 1 aliphatic heterocycles. The summed E-state index contributed by atoms with van der Waals surface area (Å²) >= 11 is 0. The summed E-state index contributed by atoms with van der Waals surface area (Å²) in [5, 5.41) is 7.80. The van der Waals surface area contributed by atoms with Gasteiger partial charge in [0.05, 0.1) is 12.1 Å². The summed E-state index contributed by atoms with van der Waals surface area (Å²) in [5.41, 5.74) is 7.79. The maximum absolute atomic E-state index is 11.8. The van der Waals surface area contributed by atoms with Gasteiger partial charge in [-0.25, -0.2) is 10.9 Å². The van der Waals surface area contributed by atoms with E-state index in [-0.39, 0.29) is 24.2 Å². The smallest absolute Gasteiger partial charge is 0.248 e. The summed E-state index contributed by atoms with van der Waals surface area (Å²) in [6.07, 6.45) is 2.27. The van der Waals surface area contributed by atoms with Crippen molar-refractivity contribution >= 4 is 23.7 Å². The van der Waals surface area contributed by atoms with E-state index in [1.165, 1.54) is 5.56 Å². The molecule has 23 heavy (non-hydrogen) atoms. The molecule has 122 valence electrons. The summed E-state index contributed by atoms with van der Waals surface area (Å²) in [5.74, 6) is -0.189. The van der Waals surface area contributed by atoms with Gasteiger partial charge in [0.2, 0.25) is 11.8 Å². The molecule has 1 aromatic rings. The first kappa shape index (κ1) is 16.9. The van der Waals surface area contributed by atoms with E-state index in [4.69, 9.17) is 0 Å². The van der Waals surface area contributed by atoms with Gasteiger partial charge in [0.15, 0.2) is 0 Å². The maximum Gasteiger partial charge on any atom is 0.248 e. The summed E-state index contributed by atoms with van der Waals surface area (Å²) < 4.78 is 0. The minimum absolute atomic E-state index is 0.149. The van der Waals surface area contributed by atoms with Gasteiger partial charge < -0.3 is 0 Å². The van der Waals surface area contributed by atoms with Gasteiger partial charge in [-0.2, -0.15) is 10.2 Å². The van der Waals surface area contributed by atoms with Crippen molar-refractivity contribution in [1.29, 1.82) is 0 Å². The zero-order valence-corrected chi connectivity index (χ0v) is 13.7. The molecule has 2 amide bonds. The molecule has 1 heterocycles. The maximum atomic E-state index is 11.8. The Bertz CT molecular complexity index is 632. The van der Waals surface area contributed by atoms with Crippen molar-refractivity contribution in [2.24, 2.45) is 16.1 Å². The van der Waals surface area contributed by atoms with Crippen LogP contribution in [0.3, 0.4) is 0 Å². The van der Waals surface area contributed by atoms with Crippen molar-refractivity contribution in [1.82, 2.24) is 10.9 Å². The Kier molecular flexibility index (Phi) is 5.62. The van der Waals surface area contributed by atoms with Crippen molar-refractivity contribution in [3.8, 4) is 0 Å². The molecule has 0 aliphatic carbocycles. The number of nitrogens with one attached hydrogen (secondary N) is 2. The molecule has 1 atom stereocenters. The van der Waals surface area contributed by atoms with Crippen LogP contribution in [0.2, 0.25) is 0 Å². The van der Waals surface area contributed by atoms with Crippen molar-refractivity contribution in [2.75, 3.05) is 0 Å². The molecule has 0 saturated heterocycles. The highest BCUT2D eigenvalue weighted by Crippen LogP contribution is 2.14. The molecule has 6 heteroatoms. The van der Waals surface area contributed by atoms with Crippen LogP contribution < -0.4 is 10.9 Å². The number of benzene rings is 1. The number of hydrogen-bond acceptors (Lipinski definition) is 4. The zero-order chi connectivity index (χ0) is 16.8. The lowest BCUT2D eigenvalue weighted by atomic mass is 9.99. The standard InChI is InChI=1S/C17H22N4O2/c1-11(2)14-6-4-13(5-7-14)10-18-20-16(22)9-8-15-12(3)19-21-17(15)23/h4-7,10-11,15H,8-9H2,1-3H3,(H,20,22)(H,21,23). The van der Waals surface area contributed by atoms with E-state index < -0.39 is 0 Å². The molecule has 1 aromatic carbocycles. The van der Waals surface area contributed by atoms with Crippen LogP contribution in [0.1, 0.15) is 50.7 Å². The largest absolute Gasteiger partial charge is 0.273 e. The van der Waals surface area contributed by atoms with Crippen molar-refractivity contribution in [3.63, 3.8) is 0 Å². The zero-order valence-electron chi connectivity index (χ0n) is 13.7. The number of nitrogens with zero attached hydrogens (tertiary/aromatic N) is 2. The third kappa shape index (κ3) is 4.74. The molecule has 0 bridgehead atoms. The SMILES string of the molecule is CC1=NNC(=O)C1CCC(=O)NN=Cc1ccc(C(C)C)cc1. The van der Waals surface area contributed by atoms with Gasteiger partial charge in [-0.05, 0) is 30.4 Å². The first-order valence-corrected chi connectivity index (χ1v) is 7.73. The lowest BCUT2D eigenvalue weighted by Gasteiger charge is -2.06.